The van der Waals surface area contributed by atoms with E-state index in [1.165, 1.54) is 13.2 Å². The highest BCUT2D eigenvalue weighted by atomic mass is 16.5. The summed E-state index contributed by atoms with van der Waals surface area (Å²) in [5.41, 5.74) is 0.874. The van der Waals surface area contributed by atoms with Crippen molar-refractivity contribution in [3.8, 4) is 0 Å². The summed E-state index contributed by atoms with van der Waals surface area (Å²) in [6.07, 6.45) is 0.120. The predicted octanol–water partition coefficient (Wildman–Crippen LogP) is 0.861. The van der Waals surface area contributed by atoms with Gasteiger partial charge >= 0.3 is 5.97 Å². The smallest absolute Gasteiger partial charge is 0.332 e. The van der Waals surface area contributed by atoms with Crippen molar-refractivity contribution < 1.29 is 19.4 Å². The number of ether oxygens (including phenoxy) is 1. The van der Waals surface area contributed by atoms with Gasteiger partial charge in [-0.25, -0.2) is 4.79 Å². The molecule has 1 aliphatic heterocycles. The standard InChI is InChI=1S/C13H13NO4/c1-3-10(13(17)18-2)14-11(15)8-6-4-5-7-9(8)12(14)16/h3-7,10-11,15H,1H2,2H3/t10-,11?/m0/s1. The number of amides is 1. The minimum absolute atomic E-state index is 0.390. The lowest BCUT2D eigenvalue weighted by Crippen LogP contribution is -2.42. The maximum absolute atomic E-state index is 12.1. The summed E-state index contributed by atoms with van der Waals surface area (Å²) in [7, 11) is 1.22. The molecule has 0 bridgehead atoms. The van der Waals surface area contributed by atoms with Crippen LogP contribution in [0, 0.1) is 0 Å². The van der Waals surface area contributed by atoms with Crippen molar-refractivity contribution in [2.45, 2.75) is 12.3 Å². The number of nitrogens with zero attached hydrogens (tertiary/aromatic N) is 1. The van der Waals surface area contributed by atoms with E-state index in [1.54, 1.807) is 24.3 Å². The van der Waals surface area contributed by atoms with E-state index in [9.17, 15) is 14.7 Å². The lowest BCUT2D eigenvalue weighted by atomic mass is 10.1. The topological polar surface area (TPSA) is 66.8 Å². The summed E-state index contributed by atoms with van der Waals surface area (Å²) in [5, 5.41) is 10.1. The average Bonchev–Trinajstić information content (AvgIpc) is 2.65. The molecule has 1 amide bonds. The molecular weight excluding hydrogens is 234 g/mol. The van der Waals surface area contributed by atoms with Crippen molar-refractivity contribution in [1.82, 2.24) is 4.90 Å². The van der Waals surface area contributed by atoms with Crippen molar-refractivity contribution in [2.24, 2.45) is 0 Å². The van der Waals surface area contributed by atoms with Crippen molar-refractivity contribution >= 4 is 11.9 Å². The molecule has 18 heavy (non-hydrogen) atoms. The first-order chi connectivity index (χ1) is 8.61. The number of rotatable bonds is 3. The van der Waals surface area contributed by atoms with Gasteiger partial charge in [0.15, 0.2) is 12.3 Å². The average molecular weight is 247 g/mol. The molecule has 0 aliphatic carbocycles. The second kappa shape index (κ2) is 4.62. The fourth-order valence-electron chi connectivity index (χ4n) is 2.04. The van der Waals surface area contributed by atoms with Gasteiger partial charge in [-0.05, 0) is 6.07 Å². The van der Waals surface area contributed by atoms with Crippen LogP contribution in [0.1, 0.15) is 22.1 Å². The zero-order valence-corrected chi connectivity index (χ0v) is 9.87. The highest BCUT2D eigenvalue weighted by Crippen LogP contribution is 2.33. The summed E-state index contributed by atoms with van der Waals surface area (Å²) >= 11 is 0. The van der Waals surface area contributed by atoms with Gasteiger partial charge in [-0.2, -0.15) is 0 Å². The fraction of sp³-hybridized carbons (Fsp3) is 0.231. The van der Waals surface area contributed by atoms with E-state index < -0.39 is 24.1 Å². The summed E-state index contributed by atoms with van der Waals surface area (Å²) in [6, 6.07) is 5.69. The molecule has 0 fully saturated rings. The Morgan fingerprint density at radius 2 is 2.22 bits per heavy atom. The van der Waals surface area contributed by atoms with Crippen LogP contribution in [0.3, 0.4) is 0 Å². The Bertz CT molecular complexity index is 511. The van der Waals surface area contributed by atoms with Gasteiger partial charge in [0, 0.05) is 11.1 Å². The molecule has 0 saturated carbocycles. The Morgan fingerprint density at radius 1 is 1.56 bits per heavy atom. The van der Waals surface area contributed by atoms with E-state index in [0.29, 0.717) is 11.1 Å². The van der Waals surface area contributed by atoms with Gasteiger partial charge in [-0.15, -0.1) is 6.58 Å². The number of methoxy groups -OCH3 is 1. The zero-order valence-electron chi connectivity index (χ0n) is 9.87. The maximum Gasteiger partial charge on any atom is 0.332 e. The van der Waals surface area contributed by atoms with Crippen LogP contribution in [0.15, 0.2) is 36.9 Å². The largest absolute Gasteiger partial charge is 0.467 e. The number of aliphatic hydroxyl groups excluding tert-OH is 1. The second-order valence-electron chi connectivity index (χ2n) is 3.88. The molecule has 5 heteroatoms. The van der Waals surface area contributed by atoms with E-state index in [1.807, 2.05) is 0 Å². The molecule has 1 heterocycles. The lowest BCUT2D eigenvalue weighted by molar-refractivity contribution is -0.147. The monoisotopic (exact) mass is 247 g/mol. The van der Waals surface area contributed by atoms with Crippen molar-refractivity contribution in [1.29, 1.82) is 0 Å². The normalized spacial score (nSPS) is 19.3. The first-order valence-corrected chi connectivity index (χ1v) is 5.42. The Hall–Kier alpha value is -2.14. The fourth-order valence-corrected chi connectivity index (χ4v) is 2.04. The molecule has 1 aliphatic rings. The molecule has 1 aromatic carbocycles. The van der Waals surface area contributed by atoms with Gasteiger partial charge in [0.1, 0.15) is 0 Å². The Kier molecular flexibility index (Phi) is 3.16. The molecule has 0 saturated heterocycles. The third kappa shape index (κ3) is 1.69. The summed E-state index contributed by atoms with van der Waals surface area (Å²) in [4.78, 5) is 24.8. The molecule has 0 spiro atoms. The third-order valence-electron chi connectivity index (χ3n) is 2.93. The van der Waals surface area contributed by atoms with E-state index in [0.717, 1.165) is 4.90 Å². The Morgan fingerprint density at radius 3 is 2.78 bits per heavy atom. The van der Waals surface area contributed by atoms with Crippen LogP contribution in [0.2, 0.25) is 0 Å². The third-order valence-corrected chi connectivity index (χ3v) is 2.93. The lowest BCUT2D eigenvalue weighted by Gasteiger charge is -2.26. The molecule has 5 nitrogen and oxygen atoms in total. The quantitative estimate of drug-likeness (QED) is 0.635. The molecule has 0 aromatic heterocycles. The Labute approximate surface area is 104 Å². The first kappa shape index (κ1) is 12.3. The molecule has 1 N–H and O–H groups in total. The Balaban J connectivity index is 2.41. The number of hydrogen-bond donors (Lipinski definition) is 1. The minimum atomic E-state index is -1.16. The maximum atomic E-state index is 12.1. The number of benzene rings is 1. The molecule has 1 unspecified atom stereocenters. The first-order valence-electron chi connectivity index (χ1n) is 5.42. The highest BCUT2D eigenvalue weighted by Gasteiger charge is 2.41. The van der Waals surface area contributed by atoms with Crippen LogP contribution in [0.5, 0.6) is 0 Å². The van der Waals surface area contributed by atoms with E-state index in [4.69, 9.17) is 0 Å². The molecular formula is C13H13NO4. The minimum Gasteiger partial charge on any atom is -0.467 e. The van der Waals surface area contributed by atoms with Crippen LogP contribution in [-0.2, 0) is 9.53 Å². The highest BCUT2D eigenvalue weighted by molar-refractivity contribution is 6.01. The van der Waals surface area contributed by atoms with E-state index in [2.05, 4.69) is 11.3 Å². The SMILES string of the molecule is C=C[C@@H](C(=O)OC)N1C(=O)c2ccccc2C1O. The van der Waals surface area contributed by atoms with Crippen molar-refractivity contribution in [2.75, 3.05) is 7.11 Å². The van der Waals surface area contributed by atoms with Gasteiger partial charge in [-0.3, -0.25) is 9.69 Å². The van der Waals surface area contributed by atoms with Gasteiger partial charge in [-0.1, -0.05) is 24.3 Å². The van der Waals surface area contributed by atoms with Gasteiger partial charge in [0.25, 0.3) is 5.91 Å². The van der Waals surface area contributed by atoms with Crippen LogP contribution in [-0.4, -0.2) is 35.0 Å². The number of fused-ring (bicyclic) bond motifs is 1. The van der Waals surface area contributed by atoms with Gasteiger partial charge in [0.05, 0.1) is 7.11 Å². The van der Waals surface area contributed by atoms with Crippen LogP contribution < -0.4 is 0 Å². The molecule has 0 radical (unpaired) electrons. The molecule has 94 valence electrons. The predicted molar refractivity (Wildman–Crippen MR) is 63.6 cm³/mol. The van der Waals surface area contributed by atoms with Crippen LogP contribution in [0.25, 0.3) is 0 Å². The number of carbonyl (C=O) groups is 2. The van der Waals surface area contributed by atoms with Crippen molar-refractivity contribution in [3.05, 3.63) is 48.0 Å². The van der Waals surface area contributed by atoms with E-state index in [-0.39, 0.29) is 0 Å². The summed E-state index contributed by atoms with van der Waals surface area (Å²) in [6.45, 7) is 3.50. The van der Waals surface area contributed by atoms with Crippen LogP contribution >= 0.6 is 0 Å². The molecule has 1 aromatic rings. The van der Waals surface area contributed by atoms with Crippen LogP contribution in [0.4, 0.5) is 0 Å². The molecule has 2 atom stereocenters. The number of aliphatic hydroxyl groups is 1. The number of esters is 1. The number of carbonyl (C=O) groups excluding carboxylic acids is 2. The summed E-state index contributed by atoms with van der Waals surface area (Å²) < 4.78 is 4.60. The second-order valence-corrected chi connectivity index (χ2v) is 3.88. The van der Waals surface area contributed by atoms with Gasteiger partial charge < -0.3 is 9.84 Å². The number of hydrogen-bond acceptors (Lipinski definition) is 4. The van der Waals surface area contributed by atoms with E-state index >= 15 is 0 Å². The van der Waals surface area contributed by atoms with Crippen molar-refractivity contribution in [3.63, 3.8) is 0 Å². The summed E-state index contributed by atoms with van der Waals surface area (Å²) in [5.74, 6) is -1.04. The zero-order chi connectivity index (χ0) is 13.3. The molecule has 2 rings (SSSR count). The van der Waals surface area contributed by atoms with Gasteiger partial charge in [0.2, 0.25) is 0 Å².